The summed E-state index contributed by atoms with van der Waals surface area (Å²) in [7, 11) is 7.92. The van der Waals surface area contributed by atoms with Crippen LogP contribution in [-0.4, -0.2) is 56.7 Å². The van der Waals surface area contributed by atoms with Crippen LogP contribution in [0.1, 0.15) is 20.8 Å². The molecule has 4 nitrogen and oxygen atoms in total. The van der Waals surface area contributed by atoms with Crippen LogP contribution in [0, 0.1) is 0 Å². The van der Waals surface area contributed by atoms with Gasteiger partial charge in [-0.2, -0.15) is 0 Å². The van der Waals surface area contributed by atoms with E-state index in [-0.39, 0.29) is 18.7 Å². The van der Waals surface area contributed by atoms with Gasteiger partial charge in [0, 0.05) is 0 Å². The van der Waals surface area contributed by atoms with Crippen LogP contribution in [0.4, 0.5) is 0 Å². The molecule has 0 bridgehead atoms. The van der Waals surface area contributed by atoms with Crippen molar-refractivity contribution >= 4 is 0 Å². The van der Waals surface area contributed by atoms with Crippen molar-refractivity contribution in [1.29, 1.82) is 0 Å². The van der Waals surface area contributed by atoms with Crippen LogP contribution in [-0.2, 0) is 9.47 Å². The number of hydrogen-bond acceptors (Lipinski definition) is 4. The lowest BCUT2D eigenvalue weighted by Crippen LogP contribution is -2.36. The van der Waals surface area contributed by atoms with E-state index in [2.05, 4.69) is 0 Å². The van der Waals surface area contributed by atoms with Gasteiger partial charge in [0.15, 0.2) is 6.29 Å². The van der Waals surface area contributed by atoms with Gasteiger partial charge in [0.05, 0.1) is 0 Å². The molecule has 0 saturated heterocycles. The molecule has 0 aliphatic rings. The number of rotatable bonds is 6. The number of nitrogens with zero attached hydrogens (tertiary/aromatic N) is 2. The topological polar surface area (TPSA) is 24.9 Å². The molecule has 0 aliphatic carbocycles. The third kappa shape index (κ3) is 5.54. The standard InChI is InChI=1S/C10H24N2O2/c1-8(11(4)5)13-10(3)14-9(2)12(6)7/h8-10H,1-7H3. The predicted molar refractivity (Wildman–Crippen MR) is 57.9 cm³/mol. The third-order valence-corrected chi connectivity index (χ3v) is 2.23. The Hall–Kier alpha value is -0.160. The van der Waals surface area contributed by atoms with Crippen molar-refractivity contribution < 1.29 is 9.47 Å². The molecule has 86 valence electrons. The van der Waals surface area contributed by atoms with Crippen molar-refractivity contribution in [2.24, 2.45) is 0 Å². The summed E-state index contributed by atoms with van der Waals surface area (Å²) in [6.07, 6.45) is -0.0523. The van der Waals surface area contributed by atoms with Crippen LogP contribution < -0.4 is 0 Å². The minimum atomic E-state index is -0.190. The fourth-order valence-corrected chi connectivity index (χ4v) is 0.830. The highest BCUT2D eigenvalue weighted by Crippen LogP contribution is 2.05. The first-order valence-electron chi connectivity index (χ1n) is 4.98. The van der Waals surface area contributed by atoms with E-state index in [1.54, 1.807) is 0 Å². The Kier molecular flexibility index (Phi) is 6.27. The minimum Gasteiger partial charge on any atom is -0.335 e. The Labute approximate surface area is 87.8 Å². The second-order valence-corrected chi connectivity index (χ2v) is 3.97. The van der Waals surface area contributed by atoms with Gasteiger partial charge in [-0.15, -0.1) is 0 Å². The highest BCUT2D eigenvalue weighted by atomic mass is 16.7. The molecular weight excluding hydrogens is 180 g/mol. The summed E-state index contributed by atoms with van der Waals surface area (Å²) < 4.78 is 11.2. The van der Waals surface area contributed by atoms with E-state index in [1.807, 2.05) is 58.8 Å². The molecule has 2 unspecified atom stereocenters. The molecule has 14 heavy (non-hydrogen) atoms. The maximum atomic E-state index is 5.61. The molecule has 0 aromatic rings. The lowest BCUT2D eigenvalue weighted by molar-refractivity contribution is -0.222. The van der Waals surface area contributed by atoms with E-state index in [4.69, 9.17) is 9.47 Å². The Balaban J connectivity index is 3.80. The normalized spacial score (nSPS) is 18.6. The molecule has 4 heteroatoms. The summed E-state index contributed by atoms with van der Waals surface area (Å²) in [4.78, 5) is 4.00. The van der Waals surface area contributed by atoms with Gasteiger partial charge in [-0.05, 0) is 49.0 Å². The summed E-state index contributed by atoms with van der Waals surface area (Å²) in [5.41, 5.74) is 0. The summed E-state index contributed by atoms with van der Waals surface area (Å²) in [5, 5.41) is 0. The van der Waals surface area contributed by atoms with Gasteiger partial charge < -0.3 is 9.47 Å². The van der Waals surface area contributed by atoms with Crippen LogP contribution in [0.3, 0.4) is 0 Å². The van der Waals surface area contributed by atoms with Crippen LogP contribution >= 0.6 is 0 Å². The van der Waals surface area contributed by atoms with Gasteiger partial charge in [0.25, 0.3) is 0 Å². The SMILES string of the molecule is CC(OC(C)N(C)C)OC(C)N(C)C. The molecule has 2 atom stereocenters. The Morgan fingerprint density at radius 1 is 0.714 bits per heavy atom. The quantitative estimate of drug-likeness (QED) is 0.607. The summed E-state index contributed by atoms with van der Waals surface area (Å²) >= 11 is 0. The van der Waals surface area contributed by atoms with Crippen molar-refractivity contribution in [2.75, 3.05) is 28.2 Å². The molecule has 0 aromatic carbocycles. The van der Waals surface area contributed by atoms with Crippen LogP contribution in [0.15, 0.2) is 0 Å². The molecule has 0 aromatic heterocycles. The highest BCUT2D eigenvalue weighted by Gasteiger charge is 2.14. The van der Waals surface area contributed by atoms with Crippen molar-refractivity contribution in [3.8, 4) is 0 Å². The summed E-state index contributed by atoms with van der Waals surface area (Å²) in [5.74, 6) is 0. The highest BCUT2D eigenvalue weighted by molar-refractivity contribution is 4.49. The number of hydrogen-bond donors (Lipinski definition) is 0. The molecule has 0 radical (unpaired) electrons. The first-order valence-corrected chi connectivity index (χ1v) is 4.98. The van der Waals surface area contributed by atoms with Crippen molar-refractivity contribution in [3.05, 3.63) is 0 Å². The van der Waals surface area contributed by atoms with Gasteiger partial charge in [-0.3, -0.25) is 9.80 Å². The summed E-state index contributed by atoms with van der Waals surface area (Å²) in [6, 6.07) is 0. The predicted octanol–water partition coefficient (Wildman–Crippen LogP) is 1.18. The zero-order valence-corrected chi connectivity index (χ0v) is 10.4. The van der Waals surface area contributed by atoms with Gasteiger partial charge in [0.2, 0.25) is 0 Å². The monoisotopic (exact) mass is 204 g/mol. The maximum Gasteiger partial charge on any atom is 0.158 e. The largest absolute Gasteiger partial charge is 0.335 e. The molecule has 0 heterocycles. The number of ether oxygens (including phenoxy) is 2. The second-order valence-electron chi connectivity index (χ2n) is 3.97. The minimum absolute atomic E-state index is 0.0689. The Bertz CT molecular complexity index is 135. The zero-order chi connectivity index (χ0) is 11.3. The molecule has 0 aliphatic heterocycles. The third-order valence-electron chi connectivity index (χ3n) is 2.23. The molecule has 0 fully saturated rings. The lowest BCUT2D eigenvalue weighted by atomic mass is 10.5. The van der Waals surface area contributed by atoms with E-state index >= 15 is 0 Å². The van der Waals surface area contributed by atoms with E-state index < -0.39 is 0 Å². The first kappa shape index (κ1) is 13.8. The fourth-order valence-electron chi connectivity index (χ4n) is 0.830. The molecule has 0 rings (SSSR count). The van der Waals surface area contributed by atoms with Gasteiger partial charge >= 0.3 is 0 Å². The fraction of sp³-hybridized carbons (Fsp3) is 1.00. The smallest absolute Gasteiger partial charge is 0.158 e. The molecule has 0 amide bonds. The first-order chi connectivity index (χ1) is 6.34. The van der Waals surface area contributed by atoms with Crippen LogP contribution in [0.5, 0.6) is 0 Å². The summed E-state index contributed by atoms with van der Waals surface area (Å²) in [6.45, 7) is 5.92. The lowest BCUT2D eigenvalue weighted by Gasteiger charge is -2.28. The average molecular weight is 204 g/mol. The average Bonchev–Trinajstić information content (AvgIpc) is 2.03. The van der Waals surface area contributed by atoms with Crippen molar-refractivity contribution in [1.82, 2.24) is 9.80 Å². The van der Waals surface area contributed by atoms with E-state index in [1.165, 1.54) is 0 Å². The Morgan fingerprint density at radius 2 is 1.00 bits per heavy atom. The van der Waals surface area contributed by atoms with Crippen LogP contribution in [0.25, 0.3) is 0 Å². The zero-order valence-electron chi connectivity index (χ0n) is 10.4. The maximum absolute atomic E-state index is 5.61. The van der Waals surface area contributed by atoms with E-state index in [9.17, 15) is 0 Å². The molecule has 0 saturated carbocycles. The Morgan fingerprint density at radius 3 is 1.21 bits per heavy atom. The van der Waals surface area contributed by atoms with Gasteiger partial charge in [0.1, 0.15) is 12.5 Å². The van der Waals surface area contributed by atoms with Crippen molar-refractivity contribution in [2.45, 2.75) is 39.5 Å². The molecular formula is C10H24N2O2. The van der Waals surface area contributed by atoms with Gasteiger partial charge in [-0.1, -0.05) is 0 Å². The molecule has 0 N–H and O–H groups in total. The van der Waals surface area contributed by atoms with E-state index in [0.29, 0.717) is 0 Å². The van der Waals surface area contributed by atoms with E-state index in [0.717, 1.165) is 0 Å². The van der Waals surface area contributed by atoms with Crippen LogP contribution in [0.2, 0.25) is 0 Å². The van der Waals surface area contributed by atoms with Crippen molar-refractivity contribution in [3.63, 3.8) is 0 Å². The van der Waals surface area contributed by atoms with Gasteiger partial charge in [-0.25, -0.2) is 0 Å². The second kappa shape index (κ2) is 6.35. The molecule has 0 spiro atoms.